The van der Waals surface area contributed by atoms with E-state index in [1.807, 2.05) is 0 Å². The molecular formula is C42H38N2O12S. The Hall–Kier alpha value is -6.35. The molecule has 1 heterocycles. The smallest absolute Gasteiger partial charge is 0.354 e. The van der Waals surface area contributed by atoms with Crippen molar-refractivity contribution in [2.75, 3.05) is 10.6 Å². The minimum atomic E-state index is -2.98. The van der Waals surface area contributed by atoms with Crippen molar-refractivity contribution in [1.82, 2.24) is 0 Å². The van der Waals surface area contributed by atoms with E-state index < -0.39 is 47.0 Å². The fourth-order valence-electron chi connectivity index (χ4n) is 7.75. The summed E-state index contributed by atoms with van der Waals surface area (Å²) in [5.74, 6) is -9.23. The number of aliphatic carboxylic acids is 2. The first kappa shape index (κ1) is 38.9. The maximum atomic E-state index is 13.7. The van der Waals surface area contributed by atoms with E-state index in [1.165, 1.54) is 72.8 Å². The molecule has 4 N–H and O–H groups in total. The molecule has 1 aromatic heterocycles. The lowest BCUT2D eigenvalue weighted by molar-refractivity contribution is -0.166. The lowest BCUT2D eigenvalue weighted by atomic mass is 10.1. The number of rotatable bonds is 13. The number of benzene rings is 3. The van der Waals surface area contributed by atoms with Crippen LogP contribution in [0.4, 0.5) is 11.4 Å². The Labute approximate surface area is 330 Å². The van der Waals surface area contributed by atoms with Crippen molar-refractivity contribution in [3.05, 3.63) is 112 Å². The number of amides is 2. The van der Waals surface area contributed by atoms with E-state index in [4.69, 9.17) is 14.2 Å². The third kappa shape index (κ3) is 7.62. The number of hydrogen-bond donors (Lipinski definition) is 4. The fraction of sp³-hybridized carbons (Fsp3) is 0.310. The average molecular weight is 795 g/mol. The molecule has 2 atom stereocenters. The minimum absolute atomic E-state index is 0.0220. The topological polar surface area (TPSA) is 212 Å². The van der Waals surface area contributed by atoms with E-state index in [1.54, 1.807) is 17.5 Å². The molecule has 4 aromatic rings. The third-order valence-corrected chi connectivity index (χ3v) is 11.6. The second-order valence-corrected chi connectivity index (χ2v) is 15.3. The summed E-state index contributed by atoms with van der Waals surface area (Å²) >= 11 is 1.16. The monoisotopic (exact) mass is 794 g/mol. The van der Waals surface area contributed by atoms with Crippen LogP contribution in [0.25, 0.3) is 0 Å². The SMILES string of the molecule is O=C(OC1(C(=O)O)C(c2ccc(OC(=O)c3cccs3)cc2)C1(OC(=O)c1ccc(NC(=O)C2CCCC2)cc1)C(=O)O)c1ccc(NC(=O)C2CCCC2)cc1. The van der Waals surface area contributed by atoms with Gasteiger partial charge >= 0.3 is 29.8 Å². The maximum absolute atomic E-state index is 13.7. The van der Waals surface area contributed by atoms with E-state index in [0.717, 1.165) is 62.7 Å². The minimum Gasteiger partial charge on any atom is -0.478 e. The number of carbonyl (C=O) groups excluding carboxylic acids is 5. The Bertz CT molecular complexity index is 2080. The number of nitrogens with one attached hydrogen (secondary N) is 2. The Morgan fingerprint density at radius 2 is 1.02 bits per heavy atom. The first-order valence-corrected chi connectivity index (χ1v) is 19.4. The molecule has 14 nitrogen and oxygen atoms in total. The highest BCUT2D eigenvalue weighted by molar-refractivity contribution is 7.12. The zero-order valence-electron chi connectivity index (χ0n) is 30.4. The van der Waals surface area contributed by atoms with Crippen molar-refractivity contribution in [1.29, 1.82) is 0 Å². The zero-order chi connectivity index (χ0) is 40.3. The highest BCUT2D eigenvalue weighted by atomic mass is 32.1. The van der Waals surface area contributed by atoms with Crippen molar-refractivity contribution < 1.29 is 58.0 Å². The molecule has 3 aliphatic carbocycles. The van der Waals surface area contributed by atoms with Crippen molar-refractivity contribution >= 4 is 64.4 Å². The van der Waals surface area contributed by atoms with Gasteiger partial charge in [0, 0.05) is 23.2 Å². The third-order valence-electron chi connectivity index (χ3n) is 10.8. The quantitative estimate of drug-likeness (QED) is 0.0825. The first-order valence-electron chi connectivity index (χ1n) is 18.5. The molecule has 0 aliphatic heterocycles. The standard InChI is InChI=1S/C42H38N2O12S/c45-34(25-6-1-2-7-25)43-29-17-11-27(12-18-29)36(47)55-41(39(50)51)33(24-15-21-31(22-16-24)54-38(49)32-10-5-23-57-32)42(41,40(52)53)56-37(48)28-13-19-30(20-14-28)44-35(46)26-8-3-4-9-26/h5,10-23,25-26,33H,1-4,6-9H2,(H,43,45)(H,44,46)(H,50,51)(H,52,53). The summed E-state index contributed by atoms with van der Waals surface area (Å²) in [6.45, 7) is 0. The van der Waals surface area contributed by atoms with Gasteiger partial charge in [-0.25, -0.2) is 24.0 Å². The van der Waals surface area contributed by atoms with Gasteiger partial charge in [-0.05, 0) is 103 Å². The van der Waals surface area contributed by atoms with Crippen LogP contribution in [0.3, 0.4) is 0 Å². The number of ether oxygens (including phenoxy) is 3. The fourth-order valence-corrected chi connectivity index (χ4v) is 8.35. The summed E-state index contributed by atoms with van der Waals surface area (Å²) in [5, 5.41) is 28.8. The normalized spacial score (nSPS) is 21.6. The number of carboxylic acids is 2. The van der Waals surface area contributed by atoms with Crippen LogP contribution in [0.15, 0.2) is 90.3 Å². The Balaban J connectivity index is 1.17. The van der Waals surface area contributed by atoms with Crippen molar-refractivity contribution in [3.63, 3.8) is 0 Å². The van der Waals surface area contributed by atoms with E-state index >= 15 is 0 Å². The summed E-state index contributed by atoms with van der Waals surface area (Å²) in [5.41, 5.74) is -5.55. The molecule has 2 unspecified atom stereocenters. The largest absolute Gasteiger partial charge is 0.478 e. The van der Waals surface area contributed by atoms with Gasteiger partial charge in [-0.3, -0.25) is 9.59 Å². The molecular weight excluding hydrogens is 757 g/mol. The molecule has 294 valence electrons. The number of anilines is 2. The van der Waals surface area contributed by atoms with Crippen molar-refractivity contribution in [2.45, 2.75) is 68.5 Å². The van der Waals surface area contributed by atoms with Crippen LogP contribution < -0.4 is 15.4 Å². The number of hydrogen-bond acceptors (Lipinski definition) is 11. The van der Waals surface area contributed by atoms with Gasteiger partial charge < -0.3 is 35.1 Å². The van der Waals surface area contributed by atoms with Gasteiger partial charge in [0.05, 0.1) is 17.0 Å². The molecule has 3 saturated carbocycles. The van der Waals surface area contributed by atoms with Crippen LogP contribution in [0, 0.1) is 11.8 Å². The number of thiophene rings is 1. The van der Waals surface area contributed by atoms with Gasteiger partial charge in [0.25, 0.3) is 11.2 Å². The number of carbonyl (C=O) groups is 7. The molecule has 57 heavy (non-hydrogen) atoms. The van der Waals surface area contributed by atoms with Gasteiger partial charge in [-0.1, -0.05) is 43.9 Å². The Kier molecular flexibility index (Phi) is 10.9. The van der Waals surface area contributed by atoms with Crippen LogP contribution in [0.2, 0.25) is 0 Å². The van der Waals surface area contributed by atoms with E-state index in [9.17, 15) is 43.8 Å². The van der Waals surface area contributed by atoms with E-state index in [0.29, 0.717) is 16.3 Å². The predicted octanol–water partition coefficient (Wildman–Crippen LogP) is 6.68. The van der Waals surface area contributed by atoms with Crippen LogP contribution in [-0.2, 0) is 28.7 Å². The van der Waals surface area contributed by atoms with Crippen LogP contribution in [0.5, 0.6) is 5.75 Å². The number of carboxylic acid groups (broad SMARTS) is 2. The van der Waals surface area contributed by atoms with Gasteiger partial charge in [0.2, 0.25) is 11.8 Å². The van der Waals surface area contributed by atoms with Gasteiger partial charge in [-0.15, -0.1) is 11.3 Å². The first-order chi connectivity index (χ1) is 27.4. The lowest BCUT2D eigenvalue weighted by Crippen LogP contribution is -2.45. The summed E-state index contributed by atoms with van der Waals surface area (Å²) < 4.78 is 16.6. The van der Waals surface area contributed by atoms with Crippen LogP contribution >= 0.6 is 11.3 Å². The molecule has 3 aromatic carbocycles. The summed E-state index contributed by atoms with van der Waals surface area (Å²) in [6.07, 6.45) is 6.94. The van der Waals surface area contributed by atoms with Crippen LogP contribution in [-0.4, -0.2) is 63.1 Å². The highest BCUT2D eigenvalue weighted by Gasteiger charge is 2.93. The molecule has 0 radical (unpaired) electrons. The molecule has 15 heteroatoms. The summed E-state index contributed by atoms with van der Waals surface area (Å²) in [7, 11) is 0. The zero-order valence-corrected chi connectivity index (χ0v) is 31.3. The van der Waals surface area contributed by atoms with Gasteiger partial charge in [0.1, 0.15) is 10.6 Å². The van der Waals surface area contributed by atoms with Gasteiger partial charge in [0.15, 0.2) is 0 Å². The van der Waals surface area contributed by atoms with Gasteiger partial charge in [-0.2, -0.15) is 0 Å². The molecule has 0 saturated heterocycles. The highest BCUT2D eigenvalue weighted by Crippen LogP contribution is 2.66. The molecule has 3 fully saturated rings. The molecule has 7 rings (SSSR count). The average Bonchev–Trinajstić information content (AvgIpc) is 3.89. The predicted molar refractivity (Wildman–Crippen MR) is 204 cm³/mol. The lowest BCUT2D eigenvalue weighted by Gasteiger charge is -2.20. The Morgan fingerprint density at radius 3 is 1.40 bits per heavy atom. The Morgan fingerprint density at radius 1 is 0.579 bits per heavy atom. The van der Waals surface area contributed by atoms with Crippen molar-refractivity contribution in [3.8, 4) is 5.75 Å². The van der Waals surface area contributed by atoms with E-state index in [2.05, 4.69) is 10.6 Å². The summed E-state index contributed by atoms with van der Waals surface area (Å²) in [4.78, 5) is 92.1. The maximum Gasteiger partial charge on any atom is 0.354 e. The molecule has 2 amide bonds. The summed E-state index contributed by atoms with van der Waals surface area (Å²) in [6, 6.07) is 19.3. The van der Waals surface area contributed by atoms with Crippen LogP contribution in [0.1, 0.15) is 93.2 Å². The molecule has 3 aliphatic rings. The second-order valence-electron chi connectivity index (χ2n) is 14.3. The van der Waals surface area contributed by atoms with Crippen molar-refractivity contribution in [2.24, 2.45) is 11.8 Å². The van der Waals surface area contributed by atoms with E-state index in [-0.39, 0.29) is 46.1 Å². The second kappa shape index (κ2) is 16.0. The number of esters is 3. The molecule has 0 spiro atoms. The molecule has 0 bridgehead atoms.